The Balaban J connectivity index is 0.00000736. The summed E-state index contributed by atoms with van der Waals surface area (Å²) in [5.74, 6) is -7.25. The van der Waals surface area contributed by atoms with E-state index in [0.29, 0.717) is 87.9 Å². The highest BCUT2D eigenvalue weighted by Gasteiger charge is 2.43. The number of aromatic nitrogens is 6. The number of urea groups is 1. The van der Waals surface area contributed by atoms with Crippen LogP contribution in [0.25, 0.3) is 10.9 Å². The lowest BCUT2D eigenvalue weighted by Crippen LogP contribution is -2.54. The second kappa shape index (κ2) is 42.5. The van der Waals surface area contributed by atoms with Crippen LogP contribution >= 0.6 is 11.8 Å². The number of benzene rings is 1. The van der Waals surface area contributed by atoms with Gasteiger partial charge in [0.15, 0.2) is 23.3 Å². The molecule has 31 heteroatoms. The number of nitrogens with one attached hydrogen (secondary N) is 8. The van der Waals surface area contributed by atoms with Crippen LogP contribution in [-0.2, 0) is 83.2 Å². The van der Waals surface area contributed by atoms with Gasteiger partial charge in [-0.25, -0.2) is 9.78 Å². The molecule has 3 aliphatic heterocycles. The number of aryl methyl sites for hydroxylation is 1. The van der Waals surface area contributed by atoms with Crippen LogP contribution in [0.5, 0.6) is 0 Å². The summed E-state index contributed by atoms with van der Waals surface area (Å²) in [6.45, 7) is 4.95. The first-order chi connectivity index (χ1) is 46.9. The van der Waals surface area contributed by atoms with Crippen molar-refractivity contribution in [1.82, 2.24) is 61.8 Å². The normalized spacial score (nSPS) is 22.5. The quantitative estimate of drug-likeness (QED) is 0.0144. The fourth-order valence-corrected chi connectivity index (χ4v) is 13.5. The van der Waals surface area contributed by atoms with Crippen LogP contribution in [0.4, 0.5) is 4.79 Å². The van der Waals surface area contributed by atoms with E-state index in [-0.39, 0.29) is 121 Å². The summed E-state index contributed by atoms with van der Waals surface area (Å²) in [7, 11) is 0. The Morgan fingerprint density at radius 3 is 2.20 bits per heavy atom. The largest absolute Gasteiger partial charge is 0.379 e. The van der Waals surface area contributed by atoms with Gasteiger partial charge in [-0.05, 0) is 95.2 Å². The van der Waals surface area contributed by atoms with Crippen LogP contribution in [0.15, 0.2) is 54.2 Å². The Morgan fingerprint density at radius 2 is 1.43 bits per heavy atom. The Labute approximate surface area is 570 Å². The van der Waals surface area contributed by atoms with E-state index in [1.54, 1.807) is 17.1 Å². The maximum Gasteiger partial charge on any atom is 0.315 e. The van der Waals surface area contributed by atoms with Gasteiger partial charge in [0.1, 0.15) is 24.5 Å². The number of nitrogens with two attached hydrogens (primary N) is 4. The van der Waals surface area contributed by atoms with Gasteiger partial charge in [0.2, 0.25) is 29.5 Å². The molecule has 2 fully saturated rings. The van der Waals surface area contributed by atoms with E-state index in [0.717, 1.165) is 41.5 Å². The number of hydrogen-bond acceptors (Lipinski definition) is 19. The lowest BCUT2D eigenvalue weighted by molar-refractivity contribution is -0.135. The molecule has 3 aliphatic rings. The van der Waals surface area contributed by atoms with Crippen molar-refractivity contribution in [3.05, 3.63) is 66.1 Å². The number of imidazole rings is 1. The summed E-state index contributed by atoms with van der Waals surface area (Å²) in [5, 5.41) is 26.9. The molecule has 0 spiro atoms. The Bertz CT molecular complexity index is 3190. The number of Topliss-reactive ketones (excluding diaryl/α,β-unsaturated/α-hetero) is 4. The van der Waals surface area contributed by atoms with E-state index < -0.39 is 95.7 Å². The van der Waals surface area contributed by atoms with Crippen LogP contribution in [0.1, 0.15) is 140 Å². The molecule has 7 rings (SSSR count). The molecule has 2 bridgehead atoms. The van der Waals surface area contributed by atoms with E-state index in [2.05, 4.69) is 62.2 Å². The number of aromatic amines is 2. The SMILES string of the molecule is CC.NCCCC[C@H]1NC(=O)[C@@H](Cc2c[nH]c3ccccc23)CC(=O)CNC(=O)[C@@H](Cc2cnc[nH]2)CC(=O)[C@@H](CCCN=C(N)N)NC(=O)[C@@H](CC(=O)COCCOCCOCCCC(=O)CCCC[C@H]2SC[C@H]3NC(=O)N[C@H]32)Cc2cn(nn2)CCCC[C@@H](C(N)=O)NC1=O. The van der Waals surface area contributed by atoms with Gasteiger partial charge in [-0.15, -0.1) is 5.10 Å². The molecule has 16 N–H and O–H groups in total. The highest BCUT2D eigenvalue weighted by Crippen LogP contribution is 2.33. The number of rotatable bonds is 32. The molecule has 9 atom stereocenters. The number of amides is 7. The average molecular weight is 1370 g/mol. The summed E-state index contributed by atoms with van der Waals surface area (Å²) in [4.78, 5) is 151. The zero-order chi connectivity index (χ0) is 69.9. The molecule has 30 nitrogen and oxygen atoms in total. The van der Waals surface area contributed by atoms with Crippen LogP contribution in [0.3, 0.4) is 0 Å². The molecule has 0 unspecified atom stereocenters. The van der Waals surface area contributed by atoms with E-state index >= 15 is 0 Å². The number of guanidine groups is 1. The molecular formula is C66H101N17O13S. The number of hydrogen-bond donors (Lipinski definition) is 12. The van der Waals surface area contributed by atoms with Gasteiger partial charge in [0.25, 0.3) is 0 Å². The zero-order valence-corrected chi connectivity index (χ0v) is 56.8. The smallest absolute Gasteiger partial charge is 0.315 e. The summed E-state index contributed by atoms with van der Waals surface area (Å²) in [6, 6.07) is 4.21. The zero-order valence-electron chi connectivity index (χ0n) is 56.0. The van der Waals surface area contributed by atoms with Crippen molar-refractivity contribution in [3.8, 4) is 0 Å². The third kappa shape index (κ3) is 27.4. The predicted molar refractivity (Wildman–Crippen MR) is 364 cm³/mol. The number of H-pyrrole nitrogens is 2. The molecule has 1 aromatic carbocycles. The highest BCUT2D eigenvalue weighted by molar-refractivity contribution is 8.00. The first-order valence-corrected chi connectivity index (χ1v) is 35.1. The van der Waals surface area contributed by atoms with Crippen molar-refractivity contribution >= 4 is 87.3 Å². The highest BCUT2D eigenvalue weighted by atomic mass is 32.2. The first kappa shape index (κ1) is 77.9. The average Bonchev–Trinajstić information content (AvgIpc) is 1.69. The third-order valence-corrected chi connectivity index (χ3v) is 18.6. The molecule has 0 aliphatic carbocycles. The van der Waals surface area contributed by atoms with Crippen LogP contribution in [-0.4, -0.2) is 195 Å². The van der Waals surface area contributed by atoms with Gasteiger partial charge in [-0.2, -0.15) is 11.8 Å². The summed E-state index contributed by atoms with van der Waals surface area (Å²) in [6.07, 6.45) is 11.7. The van der Waals surface area contributed by atoms with Crippen molar-refractivity contribution in [2.75, 3.05) is 65.0 Å². The minimum absolute atomic E-state index is 0.0263. The van der Waals surface area contributed by atoms with Crippen molar-refractivity contribution < 1.29 is 62.2 Å². The lowest BCUT2D eigenvalue weighted by atomic mass is 9.90. The molecule has 6 heterocycles. The van der Waals surface area contributed by atoms with Crippen molar-refractivity contribution in [1.29, 1.82) is 0 Å². The number of ketones is 4. The maximum absolute atomic E-state index is 14.7. The molecule has 4 aromatic rings. The molecule has 7 amide bonds. The maximum atomic E-state index is 14.7. The Hall–Kier alpha value is -8.13. The molecule has 97 heavy (non-hydrogen) atoms. The summed E-state index contributed by atoms with van der Waals surface area (Å²) >= 11 is 1.87. The summed E-state index contributed by atoms with van der Waals surface area (Å²) in [5.41, 5.74) is 25.3. The molecule has 0 radical (unpaired) electrons. The number of carbonyl (C=O) groups excluding carboxylic acids is 10. The minimum atomic E-state index is -1.22. The van der Waals surface area contributed by atoms with Gasteiger partial charge >= 0.3 is 6.03 Å². The molecule has 0 saturated carbocycles. The van der Waals surface area contributed by atoms with Crippen LogP contribution in [0.2, 0.25) is 0 Å². The number of primary amides is 1. The second-order valence-corrected chi connectivity index (χ2v) is 25.9. The standard InChI is InChI=1S/C64H95N17O13S.C2H6/c65-19-7-5-16-53-62(90)75-52(58(66)86)15-6-8-21-81-36-45(79-80-81)29-41(31-48(84)37-94-26-25-93-24-23-92-22-10-12-46(82)11-1-4-18-56-57-54(38-95-56)77-64(91)78-57)61(89)74-51(17-9-20-70-63(67)68)55(85)32-42(28-44-34-69-39-73-44)59(87)72-35-47(83)30-40(60(88)76-53)27-43-33-71-50-14-3-2-13-49(43)50;1-2/h2-3,13-14,33-34,36,39-42,51-54,56-57,71H,1,4-12,15-32,35,37-38,65H2,(H2,66,86)(H,69,73)(H,72,87)(H,74,89)(H,75,90)(H,76,88)(H4,67,68,70)(H2,77,78,91);1-2H3/t40-,41+,42-,51+,52-,53+,54+,56+,57+;/m0./s1. The van der Waals surface area contributed by atoms with E-state index in [4.69, 9.17) is 37.1 Å². The van der Waals surface area contributed by atoms with Crippen molar-refractivity contribution in [2.45, 2.75) is 184 Å². The Kier molecular flexibility index (Phi) is 34.1. The fourth-order valence-electron chi connectivity index (χ4n) is 12.0. The van der Waals surface area contributed by atoms with Gasteiger partial charge in [-0.1, -0.05) is 43.7 Å². The second-order valence-electron chi connectivity index (χ2n) is 24.6. The topological polar surface area (TPSA) is 462 Å². The van der Waals surface area contributed by atoms with E-state index in [1.807, 2.05) is 49.9 Å². The number of thioether (sulfide) groups is 1. The van der Waals surface area contributed by atoms with Crippen LogP contribution < -0.4 is 54.8 Å². The number of aliphatic imine (C=N–C) groups is 1. The monoisotopic (exact) mass is 1370 g/mol. The predicted octanol–water partition coefficient (Wildman–Crippen LogP) is 1.81. The molecular weight excluding hydrogens is 1270 g/mol. The number of unbranched alkanes of at least 4 members (excludes halogenated alkanes) is 2. The number of ether oxygens (including phenoxy) is 3. The first-order valence-electron chi connectivity index (χ1n) is 34.1. The van der Waals surface area contributed by atoms with Crippen LogP contribution in [0, 0.1) is 17.8 Å². The molecule has 2 saturated heterocycles. The van der Waals surface area contributed by atoms with Crippen molar-refractivity contribution in [3.63, 3.8) is 0 Å². The number of carbonyl (C=O) groups is 10. The van der Waals surface area contributed by atoms with Gasteiger partial charge in [0.05, 0.1) is 75.0 Å². The lowest BCUT2D eigenvalue weighted by Gasteiger charge is -2.24. The number of nitrogens with zero attached hydrogens (tertiary/aromatic N) is 5. The van der Waals surface area contributed by atoms with E-state index in [1.165, 1.54) is 12.5 Å². The van der Waals surface area contributed by atoms with Gasteiger partial charge in [0, 0.05) is 117 Å². The van der Waals surface area contributed by atoms with E-state index in [9.17, 15) is 47.9 Å². The third-order valence-electron chi connectivity index (χ3n) is 17.1. The molecule has 3 aromatic heterocycles. The summed E-state index contributed by atoms with van der Waals surface area (Å²) < 4.78 is 18.5. The van der Waals surface area contributed by atoms with Crippen molar-refractivity contribution in [2.24, 2.45) is 45.7 Å². The number of para-hydroxylation sites is 1. The minimum Gasteiger partial charge on any atom is -0.379 e. The number of fused-ring (bicyclic) bond motifs is 4. The van der Waals surface area contributed by atoms with Gasteiger partial charge < -0.3 is 79.0 Å². The Morgan fingerprint density at radius 1 is 0.711 bits per heavy atom. The fraction of sp³-hybridized carbons (Fsp3) is 0.636. The van der Waals surface area contributed by atoms with Gasteiger partial charge in [-0.3, -0.25) is 52.8 Å². The molecule has 534 valence electrons.